The Balaban J connectivity index is 1.38. The van der Waals surface area contributed by atoms with Crippen LogP contribution in [0.15, 0.2) is 61.2 Å². The molecule has 0 aliphatic carbocycles. The van der Waals surface area contributed by atoms with Crippen molar-refractivity contribution in [3.05, 3.63) is 66.1 Å². The SMILES string of the molecule is Cc1ccc(-c2cncc3[nH]c(-c4n[nH]c5ccc(-c6cncc(NC(=O)CC(C)C)c6)cc45)nc23)s1. The quantitative estimate of drug-likeness (QED) is 0.236. The van der Waals surface area contributed by atoms with Gasteiger partial charge in [-0.2, -0.15) is 5.10 Å². The fourth-order valence-corrected chi connectivity index (χ4v) is 5.31. The molecule has 5 heterocycles. The van der Waals surface area contributed by atoms with Gasteiger partial charge in [-0.3, -0.25) is 19.9 Å². The van der Waals surface area contributed by atoms with Crippen LogP contribution in [0.4, 0.5) is 5.69 Å². The number of rotatable bonds is 6. The Labute approximate surface area is 217 Å². The number of anilines is 1. The fraction of sp³-hybridized carbons (Fsp3) is 0.179. The number of H-pyrrole nitrogens is 2. The molecule has 5 aromatic heterocycles. The molecule has 6 aromatic rings. The number of aryl methyl sites for hydroxylation is 1. The minimum Gasteiger partial charge on any atom is -0.335 e. The van der Waals surface area contributed by atoms with Gasteiger partial charge in [0, 0.05) is 45.1 Å². The monoisotopic (exact) mass is 507 g/mol. The first-order valence-electron chi connectivity index (χ1n) is 12.1. The minimum atomic E-state index is -0.0158. The number of fused-ring (bicyclic) bond motifs is 2. The third kappa shape index (κ3) is 4.49. The standard InChI is InChI=1S/C28H25N7OS/c1-15(2)8-25(36)31-19-9-18(11-29-12-19)17-5-6-22-20(10-17)27(35-34-22)28-32-23-14-30-13-21(26(23)33-28)24-7-4-16(3)37-24/h4-7,9-15H,8H2,1-3H3,(H,31,36)(H,32,33)(H,34,35). The number of benzene rings is 1. The van der Waals surface area contributed by atoms with Crippen LogP contribution in [0.25, 0.3) is 55.0 Å². The number of thiophene rings is 1. The van der Waals surface area contributed by atoms with Crippen LogP contribution in [0.1, 0.15) is 25.1 Å². The van der Waals surface area contributed by atoms with E-state index < -0.39 is 0 Å². The Hall–Kier alpha value is -4.37. The minimum absolute atomic E-state index is 0.0158. The molecule has 0 aliphatic heterocycles. The number of nitrogens with zero attached hydrogens (tertiary/aromatic N) is 4. The Morgan fingerprint density at radius 2 is 1.86 bits per heavy atom. The first kappa shape index (κ1) is 23.1. The van der Waals surface area contributed by atoms with Crippen LogP contribution >= 0.6 is 11.3 Å². The molecule has 9 heteroatoms. The molecule has 0 radical (unpaired) electrons. The molecule has 1 amide bonds. The smallest absolute Gasteiger partial charge is 0.224 e. The van der Waals surface area contributed by atoms with E-state index in [1.165, 1.54) is 4.88 Å². The van der Waals surface area contributed by atoms with Crippen LogP contribution < -0.4 is 5.32 Å². The number of amides is 1. The largest absolute Gasteiger partial charge is 0.335 e. The lowest BCUT2D eigenvalue weighted by Crippen LogP contribution is -2.13. The van der Waals surface area contributed by atoms with Crippen molar-refractivity contribution in [1.29, 1.82) is 0 Å². The van der Waals surface area contributed by atoms with E-state index in [1.54, 1.807) is 29.9 Å². The van der Waals surface area contributed by atoms with Gasteiger partial charge in [-0.05, 0) is 48.7 Å². The van der Waals surface area contributed by atoms with E-state index in [0.717, 1.165) is 49.2 Å². The maximum atomic E-state index is 12.2. The van der Waals surface area contributed by atoms with Crippen molar-refractivity contribution in [3.8, 4) is 33.1 Å². The zero-order chi connectivity index (χ0) is 25.5. The third-order valence-corrected chi connectivity index (χ3v) is 7.17. The van der Waals surface area contributed by atoms with Crippen molar-refractivity contribution in [3.63, 3.8) is 0 Å². The molecule has 1 aromatic carbocycles. The number of nitrogens with one attached hydrogen (secondary N) is 3. The zero-order valence-electron chi connectivity index (χ0n) is 20.7. The molecule has 8 nitrogen and oxygen atoms in total. The van der Waals surface area contributed by atoms with Gasteiger partial charge in [-0.1, -0.05) is 19.9 Å². The van der Waals surface area contributed by atoms with Crippen LogP contribution in [-0.4, -0.2) is 36.0 Å². The van der Waals surface area contributed by atoms with E-state index in [-0.39, 0.29) is 11.8 Å². The van der Waals surface area contributed by atoms with Crippen LogP contribution in [0.5, 0.6) is 0 Å². The number of imidazole rings is 1. The Kier molecular flexibility index (Phi) is 5.77. The van der Waals surface area contributed by atoms with Crippen molar-refractivity contribution in [2.45, 2.75) is 27.2 Å². The maximum Gasteiger partial charge on any atom is 0.224 e. The Morgan fingerprint density at radius 1 is 1.00 bits per heavy atom. The Bertz CT molecular complexity index is 1760. The molecule has 0 atom stereocenters. The summed E-state index contributed by atoms with van der Waals surface area (Å²) in [6.45, 7) is 6.14. The average Bonchev–Trinajstić information content (AvgIpc) is 3.60. The van der Waals surface area contributed by atoms with E-state index in [4.69, 9.17) is 4.98 Å². The second kappa shape index (κ2) is 9.25. The number of pyridine rings is 2. The predicted molar refractivity (Wildman–Crippen MR) is 148 cm³/mol. The molecule has 0 bridgehead atoms. The van der Waals surface area contributed by atoms with Crippen LogP contribution in [0.3, 0.4) is 0 Å². The number of aromatic amines is 2. The lowest BCUT2D eigenvalue weighted by molar-refractivity contribution is -0.116. The summed E-state index contributed by atoms with van der Waals surface area (Å²) in [4.78, 5) is 31.7. The van der Waals surface area contributed by atoms with Gasteiger partial charge in [-0.25, -0.2) is 4.98 Å². The highest BCUT2D eigenvalue weighted by Crippen LogP contribution is 2.35. The average molecular weight is 508 g/mol. The van der Waals surface area contributed by atoms with Crippen LogP contribution in [0.2, 0.25) is 0 Å². The summed E-state index contributed by atoms with van der Waals surface area (Å²) >= 11 is 1.72. The summed E-state index contributed by atoms with van der Waals surface area (Å²) in [5.74, 6) is 0.948. The Morgan fingerprint density at radius 3 is 2.68 bits per heavy atom. The van der Waals surface area contributed by atoms with Gasteiger partial charge in [0.15, 0.2) is 5.82 Å². The van der Waals surface area contributed by atoms with Crippen molar-refractivity contribution in [1.82, 2.24) is 30.1 Å². The molecule has 0 unspecified atom stereocenters. The van der Waals surface area contributed by atoms with Crippen LogP contribution in [-0.2, 0) is 4.79 Å². The van der Waals surface area contributed by atoms with Crippen molar-refractivity contribution in [2.75, 3.05) is 5.32 Å². The first-order chi connectivity index (χ1) is 17.9. The van der Waals surface area contributed by atoms with E-state index in [2.05, 4.69) is 55.6 Å². The number of hydrogen-bond acceptors (Lipinski definition) is 6. The molecule has 0 saturated heterocycles. The van der Waals surface area contributed by atoms with E-state index in [1.807, 2.05) is 38.2 Å². The highest BCUT2D eigenvalue weighted by molar-refractivity contribution is 7.15. The van der Waals surface area contributed by atoms with E-state index >= 15 is 0 Å². The summed E-state index contributed by atoms with van der Waals surface area (Å²) in [7, 11) is 0. The second-order valence-electron chi connectivity index (χ2n) is 9.52. The predicted octanol–water partition coefficient (Wildman–Crippen LogP) is 6.58. The third-order valence-electron chi connectivity index (χ3n) is 6.14. The van der Waals surface area contributed by atoms with Gasteiger partial charge in [0.25, 0.3) is 0 Å². The zero-order valence-corrected chi connectivity index (χ0v) is 21.5. The summed E-state index contributed by atoms with van der Waals surface area (Å²) in [6, 6.07) is 12.2. The molecule has 184 valence electrons. The van der Waals surface area contributed by atoms with Gasteiger partial charge in [0.2, 0.25) is 5.91 Å². The van der Waals surface area contributed by atoms with Gasteiger partial charge in [-0.15, -0.1) is 11.3 Å². The van der Waals surface area contributed by atoms with Crippen LogP contribution in [0, 0.1) is 12.8 Å². The number of carbonyl (C=O) groups excluding carboxylic acids is 1. The molecule has 3 N–H and O–H groups in total. The van der Waals surface area contributed by atoms with E-state index in [9.17, 15) is 4.79 Å². The molecule has 0 aliphatic rings. The molecule has 0 saturated carbocycles. The molecule has 6 rings (SSSR count). The normalized spacial score (nSPS) is 11.6. The van der Waals surface area contributed by atoms with Gasteiger partial charge in [0.05, 0.1) is 29.1 Å². The number of aromatic nitrogens is 6. The van der Waals surface area contributed by atoms with Gasteiger partial charge in [0.1, 0.15) is 11.2 Å². The second-order valence-corrected chi connectivity index (χ2v) is 10.8. The molecular formula is C28H25N7OS. The molecule has 0 fully saturated rings. The van der Waals surface area contributed by atoms with Crippen molar-refractivity contribution < 1.29 is 4.79 Å². The summed E-state index contributed by atoms with van der Waals surface area (Å²) in [6.07, 6.45) is 7.58. The highest BCUT2D eigenvalue weighted by Gasteiger charge is 2.17. The van der Waals surface area contributed by atoms with Gasteiger partial charge < -0.3 is 10.3 Å². The summed E-state index contributed by atoms with van der Waals surface area (Å²) in [5, 5.41) is 11.6. The summed E-state index contributed by atoms with van der Waals surface area (Å²) < 4.78 is 0. The first-order valence-corrected chi connectivity index (χ1v) is 12.9. The maximum absolute atomic E-state index is 12.2. The molecule has 0 spiro atoms. The fourth-order valence-electron chi connectivity index (χ4n) is 4.43. The summed E-state index contributed by atoms with van der Waals surface area (Å²) in [5.41, 5.74) is 6.91. The number of carbonyl (C=O) groups is 1. The number of hydrogen-bond donors (Lipinski definition) is 3. The van der Waals surface area contributed by atoms with Crippen molar-refractivity contribution >= 4 is 44.9 Å². The van der Waals surface area contributed by atoms with Crippen molar-refractivity contribution in [2.24, 2.45) is 5.92 Å². The van der Waals surface area contributed by atoms with E-state index in [0.29, 0.717) is 17.9 Å². The topological polar surface area (TPSA) is 112 Å². The lowest BCUT2D eigenvalue weighted by atomic mass is 10.0. The highest BCUT2D eigenvalue weighted by atomic mass is 32.1. The molecule has 37 heavy (non-hydrogen) atoms. The lowest BCUT2D eigenvalue weighted by Gasteiger charge is -2.09. The molecular weight excluding hydrogens is 482 g/mol. The van der Waals surface area contributed by atoms with Gasteiger partial charge >= 0.3 is 0 Å².